The van der Waals surface area contributed by atoms with Gasteiger partial charge in [-0.3, -0.25) is 0 Å². The van der Waals surface area contributed by atoms with Crippen molar-refractivity contribution in [3.63, 3.8) is 0 Å². The van der Waals surface area contributed by atoms with Crippen LogP contribution in [0.25, 0.3) is 0 Å². The Morgan fingerprint density at radius 2 is 1.71 bits per heavy atom. The molecule has 0 saturated heterocycles. The molecule has 1 unspecified atom stereocenters. The molecule has 2 nitrogen and oxygen atoms in total. The lowest BCUT2D eigenvalue weighted by molar-refractivity contribution is 0.304. The van der Waals surface area contributed by atoms with Gasteiger partial charge in [0.1, 0.15) is 11.6 Å². The van der Waals surface area contributed by atoms with E-state index < -0.39 is 11.6 Å². The van der Waals surface area contributed by atoms with E-state index in [0.717, 1.165) is 6.07 Å². The summed E-state index contributed by atoms with van der Waals surface area (Å²) in [4.78, 5) is 1.83. The second kappa shape index (κ2) is 4.48. The molecule has 0 saturated carbocycles. The van der Waals surface area contributed by atoms with Gasteiger partial charge in [0.2, 0.25) is 0 Å². The molecule has 0 aliphatic heterocycles. The molecule has 0 heterocycles. The monoisotopic (exact) mass is 200 g/mol. The first-order valence-electron chi connectivity index (χ1n) is 4.37. The summed E-state index contributed by atoms with van der Waals surface area (Å²) in [6.45, 7) is 0.329. The third kappa shape index (κ3) is 2.49. The number of likely N-dealkylation sites (N-methyl/N-ethyl adjacent to an activating group) is 1. The zero-order chi connectivity index (χ0) is 10.7. The summed E-state index contributed by atoms with van der Waals surface area (Å²) in [5.41, 5.74) is 6.08. The minimum atomic E-state index is -0.569. The van der Waals surface area contributed by atoms with Gasteiger partial charge in [0.15, 0.2) is 0 Å². The Hall–Kier alpha value is -1.00. The Bertz CT molecular complexity index is 293. The molecule has 0 aliphatic rings. The van der Waals surface area contributed by atoms with Crippen LogP contribution in [0.5, 0.6) is 0 Å². The number of nitrogens with zero attached hydrogens (tertiary/aromatic N) is 1. The van der Waals surface area contributed by atoms with Crippen molar-refractivity contribution in [2.45, 2.75) is 6.04 Å². The number of nitrogens with two attached hydrogens (primary N) is 1. The van der Waals surface area contributed by atoms with Crippen molar-refractivity contribution in [1.82, 2.24) is 4.90 Å². The van der Waals surface area contributed by atoms with Crippen LogP contribution < -0.4 is 5.73 Å². The van der Waals surface area contributed by atoms with Crippen molar-refractivity contribution in [2.24, 2.45) is 5.73 Å². The molecule has 1 aromatic carbocycles. The van der Waals surface area contributed by atoms with Gasteiger partial charge >= 0.3 is 0 Å². The first kappa shape index (κ1) is 11.1. The summed E-state index contributed by atoms with van der Waals surface area (Å²) in [6, 6.07) is 3.31. The van der Waals surface area contributed by atoms with Crippen molar-refractivity contribution in [2.75, 3.05) is 20.6 Å². The highest BCUT2D eigenvalue weighted by Crippen LogP contribution is 2.19. The van der Waals surface area contributed by atoms with E-state index in [9.17, 15) is 8.78 Å². The number of benzene rings is 1. The smallest absolute Gasteiger partial charge is 0.126 e. The second-order valence-corrected chi connectivity index (χ2v) is 3.42. The van der Waals surface area contributed by atoms with Gasteiger partial charge in [0, 0.05) is 18.7 Å². The summed E-state index contributed by atoms with van der Waals surface area (Å²) in [5, 5.41) is 0. The average molecular weight is 200 g/mol. The third-order valence-electron chi connectivity index (χ3n) is 2.12. The summed E-state index contributed by atoms with van der Waals surface area (Å²) in [6.07, 6.45) is 0. The Kier molecular flexibility index (Phi) is 3.55. The standard InChI is InChI=1S/C10H14F2N2/c1-14(2)10(6-13)7-3-8(11)5-9(12)4-7/h3-5,10H,6,13H2,1-2H3. The summed E-state index contributed by atoms with van der Waals surface area (Å²) in [5.74, 6) is -1.14. The van der Waals surface area contributed by atoms with Gasteiger partial charge in [-0.1, -0.05) is 0 Å². The number of hydrogen-bond donors (Lipinski definition) is 1. The number of rotatable bonds is 3. The molecule has 2 N–H and O–H groups in total. The quantitative estimate of drug-likeness (QED) is 0.801. The zero-order valence-electron chi connectivity index (χ0n) is 8.30. The molecule has 0 bridgehead atoms. The predicted octanol–water partition coefficient (Wildman–Crippen LogP) is 1.53. The topological polar surface area (TPSA) is 29.3 Å². The highest BCUT2D eigenvalue weighted by molar-refractivity contribution is 5.21. The van der Waals surface area contributed by atoms with Crippen molar-refractivity contribution in [1.29, 1.82) is 0 Å². The molecular formula is C10H14F2N2. The lowest BCUT2D eigenvalue weighted by Crippen LogP contribution is -2.27. The fourth-order valence-electron chi connectivity index (χ4n) is 1.41. The van der Waals surface area contributed by atoms with Gasteiger partial charge in [-0.05, 0) is 31.8 Å². The normalized spacial score (nSPS) is 13.3. The van der Waals surface area contributed by atoms with Crippen molar-refractivity contribution in [3.05, 3.63) is 35.4 Å². The van der Waals surface area contributed by atoms with Crippen molar-refractivity contribution >= 4 is 0 Å². The predicted molar refractivity (Wildman–Crippen MR) is 51.8 cm³/mol. The molecule has 0 radical (unpaired) electrons. The SMILES string of the molecule is CN(C)C(CN)c1cc(F)cc(F)c1. The first-order valence-corrected chi connectivity index (χ1v) is 4.37. The summed E-state index contributed by atoms with van der Waals surface area (Å²) in [7, 11) is 3.64. The summed E-state index contributed by atoms with van der Waals surface area (Å²) < 4.78 is 25.8. The van der Waals surface area contributed by atoms with Crippen LogP contribution in [0.4, 0.5) is 8.78 Å². The van der Waals surface area contributed by atoms with Crippen LogP contribution in [-0.4, -0.2) is 25.5 Å². The van der Waals surface area contributed by atoms with E-state index in [1.54, 1.807) is 0 Å². The number of halogens is 2. The fraction of sp³-hybridized carbons (Fsp3) is 0.400. The van der Waals surface area contributed by atoms with E-state index in [-0.39, 0.29) is 6.04 Å². The van der Waals surface area contributed by atoms with Gasteiger partial charge in [-0.25, -0.2) is 8.78 Å². The minimum Gasteiger partial charge on any atom is -0.329 e. The molecule has 4 heteroatoms. The van der Waals surface area contributed by atoms with Crippen LogP contribution in [0, 0.1) is 11.6 Å². The van der Waals surface area contributed by atoms with E-state index in [4.69, 9.17) is 5.73 Å². The van der Waals surface area contributed by atoms with Crippen LogP contribution in [0.3, 0.4) is 0 Å². The second-order valence-electron chi connectivity index (χ2n) is 3.42. The molecule has 0 spiro atoms. The van der Waals surface area contributed by atoms with Crippen LogP contribution in [-0.2, 0) is 0 Å². The Labute approximate surface area is 82.3 Å². The molecule has 14 heavy (non-hydrogen) atoms. The molecule has 0 aliphatic carbocycles. The molecule has 0 fully saturated rings. The Balaban J connectivity index is 3.04. The maximum Gasteiger partial charge on any atom is 0.126 e. The molecular weight excluding hydrogens is 186 g/mol. The van der Waals surface area contributed by atoms with E-state index in [2.05, 4.69) is 0 Å². The maximum atomic E-state index is 12.9. The van der Waals surface area contributed by atoms with Crippen molar-refractivity contribution < 1.29 is 8.78 Å². The fourth-order valence-corrected chi connectivity index (χ4v) is 1.41. The Morgan fingerprint density at radius 3 is 2.07 bits per heavy atom. The molecule has 1 aromatic rings. The highest BCUT2D eigenvalue weighted by atomic mass is 19.1. The molecule has 78 valence electrons. The van der Waals surface area contributed by atoms with Gasteiger partial charge in [-0.2, -0.15) is 0 Å². The van der Waals surface area contributed by atoms with Crippen molar-refractivity contribution in [3.8, 4) is 0 Å². The van der Waals surface area contributed by atoms with Gasteiger partial charge in [-0.15, -0.1) is 0 Å². The largest absolute Gasteiger partial charge is 0.329 e. The summed E-state index contributed by atoms with van der Waals surface area (Å²) >= 11 is 0. The van der Waals surface area contributed by atoms with Crippen LogP contribution >= 0.6 is 0 Å². The average Bonchev–Trinajstić information content (AvgIpc) is 2.02. The van der Waals surface area contributed by atoms with E-state index >= 15 is 0 Å². The number of hydrogen-bond acceptors (Lipinski definition) is 2. The maximum absolute atomic E-state index is 12.9. The van der Waals surface area contributed by atoms with E-state index in [0.29, 0.717) is 12.1 Å². The van der Waals surface area contributed by atoms with E-state index in [1.807, 2.05) is 19.0 Å². The zero-order valence-corrected chi connectivity index (χ0v) is 8.30. The highest BCUT2D eigenvalue weighted by Gasteiger charge is 2.13. The molecule has 0 amide bonds. The van der Waals surface area contributed by atoms with Crippen LogP contribution in [0.2, 0.25) is 0 Å². The molecule has 0 aromatic heterocycles. The molecule has 1 atom stereocenters. The lowest BCUT2D eigenvalue weighted by atomic mass is 10.1. The lowest BCUT2D eigenvalue weighted by Gasteiger charge is -2.23. The Morgan fingerprint density at radius 1 is 1.21 bits per heavy atom. The van der Waals surface area contributed by atoms with E-state index in [1.165, 1.54) is 12.1 Å². The van der Waals surface area contributed by atoms with Crippen LogP contribution in [0.15, 0.2) is 18.2 Å². The minimum absolute atomic E-state index is 0.153. The molecule has 1 rings (SSSR count). The third-order valence-corrected chi connectivity index (χ3v) is 2.12. The van der Waals surface area contributed by atoms with Gasteiger partial charge in [0.25, 0.3) is 0 Å². The first-order chi connectivity index (χ1) is 6.54. The van der Waals surface area contributed by atoms with Crippen LogP contribution in [0.1, 0.15) is 11.6 Å². The van der Waals surface area contributed by atoms with Gasteiger partial charge in [0.05, 0.1) is 0 Å². The van der Waals surface area contributed by atoms with Gasteiger partial charge < -0.3 is 10.6 Å².